The van der Waals surface area contributed by atoms with E-state index in [-0.39, 0.29) is 0 Å². The topological polar surface area (TPSA) is 42.4 Å². The molecule has 0 aliphatic heterocycles. The average Bonchev–Trinajstić information content (AvgIpc) is 2.38. The second-order valence-corrected chi connectivity index (χ2v) is 4.07. The Labute approximate surface area is 101 Å². The van der Waals surface area contributed by atoms with Crippen molar-refractivity contribution in [2.24, 2.45) is 0 Å². The highest BCUT2D eigenvalue weighted by molar-refractivity contribution is 5.82. The molecule has 1 aromatic carbocycles. The Hall–Kier alpha value is -1.45. The lowest BCUT2D eigenvalue weighted by Crippen LogP contribution is -2.01. The zero-order chi connectivity index (χ0) is 12.1. The van der Waals surface area contributed by atoms with Crippen molar-refractivity contribution in [1.29, 1.82) is 0 Å². The molecule has 0 spiro atoms. The van der Waals surface area contributed by atoms with E-state index in [1.165, 1.54) is 0 Å². The second kappa shape index (κ2) is 5.75. The van der Waals surface area contributed by atoms with Crippen LogP contribution >= 0.6 is 0 Å². The number of rotatable bonds is 5. The van der Waals surface area contributed by atoms with Crippen molar-refractivity contribution in [3.63, 3.8) is 0 Å². The molecule has 0 saturated heterocycles. The van der Waals surface area contributed by atoms with Crippen molar-refractivity contribution in [3.05, 3.63) is 42.1 Å². The largest absolute Gasteiger partial charge is 0.388 e. The first-order valence-corrected chi connectivity index (χ1v) is 5.83. The molecule has 2 aromatic rings. The molecule has 0 saturated carbocycles. The summed E-state index contributed by atoms with van der Waals surface area (Å²) in [4.78, 5) is 4.28. The third kappa shape index (κ3) is 2.81. The number of aliphatic hydroxyl groups excluding tert-OH is 1. The van der Waals surface area contributed by atoms with Gasteiger partial charge in [0.05, 0.1) is 11.6 Å². The lowest BCUT2D eigenvalue weighted by atomic mass is 10.0. The molecule has 1 N–H and O–H groups in total. The van der Waals surface area contributed by atoms with Gasteiger partial charge in [-0.15, -0.1) is 0 Å². The van der Waals surface area contributed by atoms with Gasteiger partial charge >= 0.3 is 0 Å². The molecule has 0 fully saturated rings. The first kappa shape index (κ1) is 12.0. The summed E-state index contributed by atoms with van der Waals surface area (Å²) in [7, 11) is 1.67. The number of para-hydroxylation sites is 1. The van der Waals surface area contributed by atoms with Gasteiger partial charge in [-0.05, 0) is 30.5 Å². The highest BCUT2D eigenvalue weighted by Gasteiger charge is 2.10. The molecule has 1 heterocycles. The fourth-order valence-corrected chi connectivity index (χ4v) is 1.99. The normalized spacial score (nSPS) is 12.8. The van der Waals surface area contributed by atoms with Gasteiger partial charge in [-0.2, -0.15) is 0 Å². The Kier molecular flexibility index (Phi) is 4.07. The maximum Gasteiger partial charge on any atom is 0.0798 e. The summed E-state index contributed by atoms with van der Waals surface area (Å²) in [5, 5.41) is 11.2. The van der Waals surface area contributed by atoms with Gasteiger partial charge < -0.3 is 9.84 Å². The number of benzene rings is 1. The fraction of sp³-hybridized carbons (Fsp3) is 0.357. The number of ether oxygens (including phenoxy) is 1. The van der Waals surface area contributed by atoms with E-state index in [0.29, 0.717) is 13.0 Å². The quantitative estimate of drug-likeness (QED) is 0.804. The molecule has 17 heavy (non-hydrogen) atoms. The minimum Gasteiger partial charge on any atom is -0.388 e. The molecule has 2 rings (SSSR count). The van der Waals surface area contributed by atoms with Crippen LogP contribution in [0.4, 0.5) is 0 Å². The van der Waals surface area contributed by atoms with E-state index >= 15 is 0 Å². The molecule has 90 valence electrons. The summed E-state index contributed by atoms with van der Waals surface area (Å²) < 4.78 is 4.99. The molecule has 3 nitrogen and oxygen atoms in total. The summed E-state index contributed by atoms with van der Waals surface area (Å²) in [6.45, 7) is 0.681. The van der Waals surface area contributed by atoms with Crippen LogP contribution in [0.5, 0.6) is 0 Å². The third-order valence-electron chi connectivity index (χ3n) is 2.87. The summed E-state index contributed by atoms with van der Waals surface area (Å²) in [5.74, 6) is 0. The van der Waals surface area contributed by atoms with Crippen molar-refractivity contribution in [1.82, 2.24) is 4.98 Å². The van der Waals surface area contributed by atoms with E-state index in [4.69, 9.17) is 4.74 Å². The number of methoxy groups -OCH3 is 1. The molecule has 0 aliphatic carbocycles. The Bertz CT molecular complexity index is 479. The number of hydrogen-bond acceptors (Lipinski definition) is 3. The van der Waals surface area contributed by atoms with E-state index in [9.17, 15) is 5.11 Å². The van der Waals surface area contributed by atoms with E-state index in [1.807, 2.05) is 30.3 Å². The van der Waals surface area contributed by atoms with Crippen LogP contribution in [0.1, 0.15) is 24.5 Å². The lowest BCUT2D eigenvalue weighted by molar-refractivity contribution is 0.137. The SMILES string of the molecule is COCCCC(O)c1ccnc2ccccc12. The summed E-state index contributed by atoms with van der Waals surface area (Å²) in [6, 6.07) is 9.77. The van der Waals surface area contributed by atoms with Crippen molar-refractivity contribution >= 4 is 10.9 Å². The Morgan fingerprint density at radius 2 is 2.12 bits per heavy atom. The van der Waals surface area contributed by atoms with Gasteiger partial charge in [0.2, 0.25) is 0 Å². The van der Waals surface area contributed by atoms with Crippen molar-refractivity contribution < 1.29 is 9.84 Å². The Morgan fingerprint density at radius 1 is 1.29 bits per heavy atom. The fourth-order valence-electron chi connectivity index (χ4n) is 1.99. The van der Waals surface area contributed by atoms with Crippen molar-refractivity contribution in [2.75, 3.05) is 13.7 Å². The van der Waals surface area contributed by atoms with Gasteiger partial charge in [-0.1, -0.05) is 18.2 Å². The first-order valence-electron chi connectivity index (χ1n) is 5.83. The first-order chi connectivity index (χ1) is 8.33. The van der Waals surface area contributed by atoms with E-state index in [2.05, 4.69) is 4.98 Å². The number of aromatic nitrogens is 1. The lowest BCUT2D eigenvalue weighted by Gasteiger charge is -2.12. The molecule has 1 atom stereocenters. The standard InChI is InChI=1S/C14H17NO2/c1-17-10-4-7-14(16)12-8-9-15-13-6-3-2-5-11(12)13/h2-3,5-6,8-9,14,16H,4,7,10H2,1H3. The Morgan fingerprint density at radius 3 is 2.94 bits per heavy atom. The molecule has 0 amide bonds. The van der Waals surface area contributed by atoms with E-state index in [1.54, 1.807) is 13.3 Å². The number of hydrogen-bond donors (Lipinski definition) is 1. The van der Waals surface area contributed by atoms with Crippen LogP contribution < -0.4 is 0 Å². The molecular weight excluding hydrogens is 214 g/mol. The summed E-state index contributed by atoms with van der Waals surface area (Å²) in [5.41, 5.74) is 1.88. The van der Waals surface area contributed by atoms with E-state index in [0.717, 1.165) is 22.9 Å². The second-order valence-electron chi connectivity index (χ2n) is 4.07. The third-order valence-corrected chi connectivity index (χ3v) is 2.87. The van der Waals surface area contributed by atoms with Crippen LogP contribution in [0.2, 0.25) is 0 Å². The minimum atomic E-state index is -0.446. The number of fused-ring (bicyclic) bond motifs is 1. The summed E-state index contributed by atoms with van der Waals surface area (Å²) in [6.07, 6.45) is 2.87. The van der Waals surface area contributed by atoms with Crippen molar-refractivity contribution in [3.8, 4) is 0 Å². The van der Waals surface area contributed by atoms with Gasteiger partial charge in [0, 0.05) is 25.3 Å². The molecule has 3 heteroatoms. The number of nitrogens with zero attached hydrogens (tertiary/aromatic N) is 1. The van der Waals surface area contributed by atoms with Gasteiger partial charge in [-0.25, -0.2) is 0 Å². The van der Waals surface area contributed by atoms with Gasteiger partial charge in [0.25, 0.3) is 0 Å². The average molecular weight is 231 g/mol. The number of aliphatic hydroxyl groups is 1. The zero-order valence-electron chi connectivity index (χ0n) is 9.97. The van der Waals surface area contributed by atoms with Crippen LogP contribution in [0, 0.1) is 0 Å². The molecule has 0 radical (unpaired) electrons. The van der Waals surface area contributed by atoms with E-state index < -0.39 is 6.10 Å². The predicted octanol–water partition coefficient (Wildman–Crippen LogP) is 2.69. The van der Waals surface area contributed by atoms with Gasteiger partial charge in [0.1, 0.15) is 0 Å². The number of pyridine rings is 1. The van der Waals surface area contributed by atoms with Crippen LogP contribution in [0.3, 0.4) is 0 Å². The maximum atomic E-state index is 10.2. The molecular formula is C14H17NO2. The Balaban J connectivity index is 2.22. The molecule has 1 aromatic heterocycles. The monoisotopic (exact) mass is 231 g/mol. The predicted molar refractivity (Wildman–Crippen MR) is 67.8 cm³/mol. The molecule has 0 bridgehead atoms. The highest BCUT2D eigenvalue weighted by atomic mass is 16.5. The van der Waals surface area contributed by atoms with Crippen LogP contribution in [0.15, 0.2) is 36.5 Å². The molecule has 1 unspecified atom stereocenters. The smallest absolute Gasteiger partial charge is 0.0798 e. The summed E-state index contributed by atoms with van der Waals surface area (Å²) >= 11 is 0. The van der Waals surface area contributed by atoms with Crippen LogP contribution in [-0.4, -0.2) is 23.8 Å². The zero-order valence-corrected chi connectivity index (χ0v) is 9.97. The van der Waals surface area contributed by atoms with Crippen molar-refractivity contribution in [2.45, 2.75) is 18.9 Å². The minimum absolute atomic E-state index is 0.446. The molecule has 0 aliphatic rings. The van der Waals surface area contributed by atoms with Crippen LogP contribution in [-0.2, 0) is 4.74 Å². The maximum absolute atomic E-state index is 10.2. The van der Waals surface area contributed by atoms with Gasteiger partial charge in [-0.3, -0.25) is 4.98 Å². The van der Waals surface area contributed by atoms with Crippen LogP contribution in [0.25, 0.3) is 10.9 Å². The van der Waals surface area contributed by atoms with Gasteiger partial charge in [0.15, 0.2) is 0 Å². The highest BCUT2D eigenvalue weighted by Crippen LogP contribution is 2.25.